The third-order valence-electron chi connectivity index (χ3n) is 1.67. The molecule has 0 saturated heterocycles. The summed E-state index contributed by atoms with van der Waals surface area (Å²) in [4.78, 5) is 3.59. The lowest BCUT2D eigenvalue weighted by atomic mass is 10.1. The highest BCUT2D eigenvalue weighted by Crippen LogP contribution is 2.20. The van der Waals surface area contributed by atoms with Gasteiger partial charge in [0.1, 0.15) is 11.0 Å². The van der Waals surface area contributed by atoms with E-state index in [0.717, 1.165) is 6.20 Å². The Balaban J connectivity index is 2.97. The van der Waals surface area contributed by atoms with Crippen LogP contribution in [0.2, 0.25) is 5.15 Å². The molecule has 0 amide bonds. The molecule has 2 N–H and O–H groups in total. The summed E-state index contributed by atoms with van der Waals surface area (Å²) in [5.41, 5.74) is 6.05. The van der Waals surface area contributed by atoms with Crippen molar-refractivity contribution in [1.29, 1.82) is 0 Å². The summed E-state index contributed by atoms with van der Waals surface area (Å²) < 4.78 is 13.1. The normalized spacial score (nSPS) is 12.5. The molecule has 1 aromatic rings. The van der Waals surface area contributed by atoms with Gasteiger partial charge in [-0.05, 0) is 12.5 Å². The standard InChI is InChI=1S/C9H10ClFN2/c1-2-3-8(12)6-4-9(10)13-5-7(6)11/h2,4-5,8H,1,3,12H2/t8-/m0/s1. The summed E-state index contributed by atoms with van der Waals surface area (Å²) in [6.45, 7) is 3.53. The van der Waals surface area contributed by atoms with Gasteiger partial charge >= 0.3 is 0 Å². The molecule has 0 aromatic carbocycles. The molecule has 0 unspecified atom stereocenters. The van der Waals surface area contributed by atoms with Crippen LogP contribution in [0, 0.1) is 5.82 Å². The number of hydrogen-bond donors (Lipinski definition) is 1. The van der Waals surface area contributed by atoms with E-state index in [1.807, 2.05) is 0 Å². The Morgan fingerprint density at radius 3 is 3.08 bits per heavy atom. The fourth-order valence-electron chi connectivity index (χ4n) is 1.02. The summed E-state index contributed by atoms with van der Waals surface area (Å²) in [5.74, 6) is -0.432. The second kappa shape index (κ2) is 4.35. The first-order valence-corrected chi connectivity index (χ1v) is 4.20. The average Bonchev–Trinajstić information content (AvgIpc) is 2.09. The molecule has 0 aliphatic carbocycles. The van der Waals surface area contributed by atoms with Crippen molar-refractivity contribution in [3.63, 3.8) is 0 Å². The quantitative estimate of drug-likeness (QED) is 0.601. The number of nitrogens with two attached hydrogens (primary N) is 1. The molecule has 70 valence electrons. The Morgan fingerprint density at radius 1 is 1.77 bits per heavy atom. The second-order valence-corrected chi connectivity index (χ2v) is 3.05. The average molecular weight is 201 g/mol. The Bertz CT molecular complexity index is 314. The van der Waals surface area contributed by atoms with Crippen molar-refractivity contribution in [3.05, 3.63) is 41.5 Å². The molecular formula is C9H10ClFN2. The molecular weight excluding hydrogens is 191 g/mol. The zero-order valence-corrected chi connectivity index (χ0v) is 7.76. The smallest absolute Gasteiger partial charge is 0.146 e. The van der Waals surface area contributed by atoms with E-state index in [1.54, 1.807) is 6.08 Å². The Labute approximate surface area is 81.2 Å². The van der Waals surface area contributed by atoms with Gasteiger partial charge in [0, 0.05) is 11.6 Å². The van der Waals surface area contributed by atoms with Crippen LogP contribution in [0.1, 0.15) is 18.0 Å². The lowest BCUT2D eigenvalue weighted by Crippen LogP contribution is -2.11. The van der Waals surface area contributed by atoms with Gasteiger partial charge in [0.25, 0.3) is 0 Å². The summed E-state index contributed by atoms with van der Waals surface area (Å²) >= 11 is 5.60. The number of pyridine rings is 1. The van der Waals surface area contributed by atoms with Crippen LogP contribution in [-0.2, 0) is 0 Å². The molecule has 13 heavy (non-hydrogen) atoms. The summed E-state index contributed by atoms with van der Waals surface area (Å²) in [7, 11) is 0. The van der Waals surface area contributed by atoms with Crippen molar-refractivity contribution in [2.45, 2.75) is 12.5 Å². The zero-order valence-electron chi connectivity index (χ0n) is 7.00. The number of rotatable bonds is 3. The van der Waals surface area contributed by atoms with E-state index in [-0.39, 0.29) is 5.15 Å². The number of halogens is 2. The van der Waals surface area contributed by atoms with Crippen LogP contribution in [0.25, 0.3) is 0 Å². The van der Waals surface area contributed by atoms with Gasteiger partial charge in [-0.15, -0.1) is 6.58 Å². The maximum atomic E-state index is 13.1. The first kappa shape index (κ1) is 10.2. The number of nitrogens with zero attached hydrogens (tertiary/aromatic N) is 1. The van der Waals surface area contributed by atoms with Crippen molar-refractivity contribution in [3.8, 4) is 0 Å². The van der Waals surface area contributed by atoms with Gasteiger partial charge in [0.15, 0.2) is 0 Å². The predicted octanol–water partition coefficient (Wildman–Crippen LogP) is 2.45. The van der Waals surface area contributed by atoms with Gasteiger partial charge < -0.3 is 5.73 Å². The highest BCUT2D eigenvalue weighted by Gasteiger charge is 2.10. The van der Waals surface area contributed by atoms with E-state index >= 15 is 0 Å². The van der Waals surface area contributed by atoms with Crippen molar-refractivity contribution < 1.29 is 4.39 Å². The van der Waals surface area contributed by atoms with Gasteiger partial charge in [-0.2, -0.15) is 0 Å². The summed E-state index contributed by atoms with van der Waals surface area (Å²) in [5, 5.41) is 0.246. The Hall–Kier alpha value is -0.930. The van der Waals surface area contributed by atoms with E-state index in [0.29, 0.717) is 12.0 Å². The minimum atomic E-state index is -0.432. The maximum Gasteiger partial charge on any atom is 0.146 e. The largest absolute Gasteiger partial charge is 0.324 e. The van der Waals surface area contributed by atoms with Crippen LogP contribution in [0.5, 0.6) is 0 Å². The molecule has 0 aliphatic heterocycles. The van der Waals surface area contributed by atoms with Gasteiger partial charge in [0.2, 0.25) is 0 Å². The second-order valence-electron chi connectivity index (χ2n) is 2.66. The predicted molar refractivity (Wildman–Crippen MR) is 50.9 cm³/mol. The van der Waals surface area contributed by atoms with Crippen LogP contribution in [0.4, 0.5) is 4.39 Å². The number of hydrogen-bond acceptors (Lipinski definition) is 2. The molecule has 0 radical (unpaired) electrons. The third-order valence-corrected chi connectivity index (χ3v) is 1.88. The highest BCUT2D eigenvalue weighted by atomic mass is 35.5. The van der Waals surface area contributed by atoms with E-state index in [1.165, 1.54) is 6.07 Å². The molecule has 1 rings (SSSR count). The van der Waals surface area contributed by atoms with E-state index < -0.39 is 11.9 Å². The fraction of sp³-hybridized carbons (Fsp3) is 0.222. The first-order valence-electron chi connectivity index (χ1n) is 3.82. The van der Waals surface area contributed by atoms with Crippen molar-refractivity contribution >= 4 is 11.6 Å². The molecule has 0 saturated carbocycles. The number of aromatic nitrogens is 1. The zero-order chi connectivity index (χ0) is 9.84. The lowest BCUT2D eigenvalue weighted by molar-refractivity contribution is 0.578. The van der Waals surface area contributed by atoms with Crippen LogP contribution >= 0.6 is 11.6 Å². The molecule has 1 heterocycles. The molecule has 0 fully saturated rings. The van der Waals surface area contributed by atoms with Crippen LogP contribution in [0.3, 0.4) is 0 Å². The van der Waals surface area contributed by atoms with E-state index in [2.05, 4.69) is 11.6 Å². The Morgan fingerprint density at radius 2 is 2.46 bits per heavy atom. The van der Waals surface area contributed by atoms with Crippen molar-refractivity contribution in [1.82, 2.24) is 4.98 Å². The van der Waals surface area contributed by atoms with Crippen molar-refractivity contribution in [2.75, 3.05) is 0 Å². The van der Waals surface area contributed by atoms with Crippen LogP contribution < -0.4 is 5.73 Å². The molecule has 1 atom stereocenters. The molecule has 0 aliphatic rings. The molecule has 4 heteroatoms. The molecule has 1 aromatic heterocycles. The van der Waals surface area contributed by atoms with Crippen LogP contribution in [-0.4, -0.2) is 4.98 Å². The van der Waals surface area contributed by atoms with E-state index in [9.17, 15) is 4.39 Å². The lowest BCUT2D eigenvalue weighted by Gasteiger charge is -2.09. The topological polar surface area (TPSA) is 38.9 Å². The monoisotopic (exact) mass is 200 g/mol. The molecule has 2 nitrogen and oxygen atoms in total. The summed E-state index contributed by atoms with van der Waals surface area (Å²) in [6, 6.07) is 1.03. The SMILES string of the molecule is C=CC[C@H](N)c1cc(Cl)ncc1F. The van der Waals surface area contributed by atoms with Gasteiger partial charge in [-0.1, -0.05) is 17.7 Å². The minimum absolute atomic E-state index is 0.246. The highest BCUT2D eigenvalue weighted by molar-refractivity contribution is 6.29. The molecule has 0 spiro atoms. The van der Waals surface area contributed by atoms with Gasteiger partial charge in [-0.25, -0.2) is 9.37 Å². The van der Waals surface area contributed by atoms with Crippen molar-refractivity contribution in [2.24, 2.45) is 5.73 Å². The van der Waals surface area contributed by atoms with E-state index in [4.69, 9.17) is 17.3 Å². The van der Waals surface area contributed by atoms with Gasteiger partial charge in [0.05, 0.1) is 6.20 Å². The molecule has 0 bridgehead atoms. The van der Waals surface area contributed by atoms with Gasteiger partial charge in [-0.3, -0.25) is 0 Å². The fourth-order valence-corrected chi connectivity index (χ4v) is 1.18. The summed E-state index contributed by atoms with van der Waals surface area (Å²) in [6.07, 6.45) is 3.22. The van der Waals surface area contributed by atoms with Crippen LogP contribution in [0.15, 0.2) is 24.9 Å². The maximum absolute atomic E-state index is 13.1. The third kappa shape index (κ3) is 2.50. The Kier molecular flexibility index (Phi) is 3.39. The minimum Gasteiger partial charge on any atom is -0.324 e. The first-order chi connectivity index (χ1) is 6.15.